The molecular formula is C60H40B4Br2F4N12O12-4. The number of hydrogen-bond acceptors (Lipinski definition) is 24. The zero-order chi connectivity index (χ0) is 64.8. The van der Waals surface area contributed by atoms with E-state index in [1.807, 2.05) is 0 Å². The molecule has 0 radical (unpaired) electrons. The average Bonchev–Trinajstić information content (AvgIpc) is 0.921. The molecular weight excluding hydrogens is 1360 g/mol. The van der Waals surface area contributed by atoms with Gasteiger partial charge in [-0.15, -0.1) is 61.9 Å². The largest absolute Gasteiger partial charge is 0.812 e. The van der Waals surface area contributed by atoms with Crippen molar-refractivity contribution in [3.8, 4) is 0 Å². The van der Waals surface area contributed by atoms with E-state index in [0.29, 0.717) is 0 Å². The normalized spacial score (nSPS) is 27.5. The Morgan fingerprint density at radius 1 is 0.181 bits per heavy atom. The lowest BCUT2D eigenvalue weighted by atomic mass is 10.00. The molecule has 8 aromatic carbocycles. The second kappa shape index (κ2) is 28.2. The van der Waals surface area contributed by atoms with Crippen molar-refractivity contribution in [3.05, 3.63) is 287 Å². The maximum atomic E-state index is 18.6. The van der Waals surface area contributed by atoms with Gasteiger partial charge in [0.25, 0.3) is 0 Å². The van der Waals surface area contributed by atoms with Crippen LogP contribution in [-0.4, -0.2) is 94.5 Å². The first-order valence-electron chi connectivity index (χ1n) is 28.0. The second-order valence-electron chi connectivity index (χ2n) is 19.6. The number of hydrogen-bond donors (Lipinski definition) is 0. The van der Waals surface area contributed by atoms with Crippen molar-refractivity contribution in [1.82, 2.24) is 0 Å². The van der Waals surface area contributed by atoms with E-state index in [4.69, 9.17) is 57.1 Å². The third-order valence-electron chi connectivity index (χ3n) is 13.1. The quantitative estimate of drug-likeness (QED) is 0.0965. The number of fused-ring (bicyclic) bond motifs is 19. The lowest BCUT2D eigenvalue weighted by Gasteiger charge is -2.31. The van der Waals surface area contributed by atoms with E-state index in [9.17, 15) is 0 Å². The van der Waals surface area contributed by atoms with Crippen LogP contribution in [0.2, 0.25) is 0 Å². The molecule has 94 heavy (non-hydrogen) atoms. The van der Waals surface area contributed by atoms with Crippen molar-refractivity contribution < 1.29 is 74.3 Å². The smallest absolute Gasteiger partial charge is 0.509 e. The van der Waals surface area contributed by atoms with E-state index < -0.39 is 48.8 Å². The highest BCUT2D eigenvalue weighted by atomic mass is 79.9. The van der Waals surface area contributed by atoms with Crippen LogP contribution in [0.15, 0.2) is 305 Å². The van der Waals surface area contributed by atoms with Gasteiger partial charge in [-0.3, -0.25) is 0 Å². The van der Waals surface area contributed by atoms with Crippen molar-refractivity contribution in [2.24, 2.45) is 61.9 Å². The fourth-order valence-electron chi connectivity index (χ4n) is 8.68. The molecule has 8 aromatic rings. The molecule has 0 saturated carbocycles. The van der Waals surface area contributed by atoms with E-state index in [2.05, 4.69) is 93.7 Å². The summed E-state index contributed by atoms with van der Waals surface area (Å²) in [5, 5.41) is 48.7. The Hall–Kier alpha value is -11.7. The molecule has 4 bridgehead atoms. The minimum Gasteiger partial charge on any atom is -0.509 e. The van der Waals surface area contributed by atoms with Gasteiger partial charge in [-0.05, 0) is 31.9 Å². The van der Waals surface area contributed by atoms with Crippen molar-refractivity contribution in [1.29, 1.82) is 0 Å². The summed E-state index contributed by atoms with van der Waals surface area (Å²) in [7, 11) is -20.5. The van der Waals surface area contributed by atoms with Gasteiger partial charge in [-0.2, -0.15) is 0 Å². The molecule has 0 aliphatic carbocycles. The highest BCUT2D eigenvalue weighted by Crippen LogP contribution is 2.28. The molecule has 0 saturated heterocycles. The molecule has 0 unspecified atom stereocenters. The van der Waals surface area contributed by atoms with Crippen LogP contribution in [0, 0.1) is 0 Å². The van der Waals surface area contributed by atoms with Gasteiger partial charge in [0, 0.05) is 44.5 Å². The van der Waals surface area contributed by atoms with Gasteiger partial charge in [0.05, 0.1) is 0 Å². The van der Waals surface area contributed by atoms with Gasteiger partial charge >= 0.3 is 28.1 Å². The molecule has 34 heteroatoms. The Bertz CT molecular complexity index is 3930. The summed E-state index contributed by atoms with van der Waals surface area (Å²) in [4.78, 5) is 0. The van der Waals surface area contributed by atoms with Crippen molar-refractivity contribution in [2.45, 2.75) is 0 Å². The zero-order valence-electron chi connectivity index (χ0n) is 47.9. The van der Waals surface area contributed by atoms with Gasteiger partial charge in [0.2, 0.25) is 0 Å². The summed E-state index contributed by atoms with van der Waals surface area (Å²) in [6.07, 6.45) is 0. The number of oxime groups is 12. The average molecular weight is 1400 g/mol. The molecule has 0 fully saturated rings. The first kappa shape index (κ1) is 62.5. The molecule has 6 heterocycles. The molecule has 470 valence electrons. The Morgan fingerprint density at radius 2 is 0.298 bits per heavy atom. The van der Waals surface area contributed by atoms with E-state index in [-0.39, 0.29) is 90.2 Å². The maximum absolute atomic E-state index is 18.6. The van der Waals surface area contributed by atoms with E-state index >= 15 is 17.3 Å². The first-order chi connectivity index (χ1) is 45.8. The molecule has 14 rings (SSSR count). The van der Waals surface area contributed by atoms with Crippen LogP contribution in [0.4, 0.5) is 17.3 Å². The topological polar surface area (TPSA) is 259 Å². The third kappa shape index (κ3) is 14.9. The zero-order valence-corrected chi connectivity index (χ0v) is 51.1. The number of halogens is 6. The minimum absolute atomic E-state index is 0.155. The van der Waals surface area contributed by atoms with Gasteiger partial charge in [-0.1, -0.05) is 243 Å². The predicted octanol–water partition coefficient (Wildman–Crippen LogP) is 12.2. The Balaban J connectivity index is 1.08. The third-order valence-corrected chi connectivity index (χ3v) is 14.1. The molecule has 0 atom stereocenters. The Labute approximate surface area is 546 Å². The molecule has 6 aliphatic rings. The minimum atomic E-state index is -5.18. The van der Waals surface area contributed by atoms with Crippen LogP contribution in [0.5, 0.6) is 0 Å². The summed E-state index contributed by atoms with van der Waals surface area (Å²) in [5.41, 5.74) is -3.72. The SMILES string of the molecule is F[B-]12ON=C(Br)C(/C3=N\O[B-]4(F)O/N=C(c5ccccc5)/C(c5ccccc5)=N/O[B-](F)(ON=C3Br)O/N=C(c3ccccc3)/C(c3ccccc3)=N/O4)=N/O[B-](F)(O/N=C(c3ccccc3)/C(c3ccccc3)=N/O1)O/N=C(c1ccccc1)/C(c1ccccc1)=N/O2. The van der Waals surface area contributed by atoms with Crippen molar-refractivity contribution in [3.63, 3.8) is 0 Å². The highest BCUT2D eigenvalue weighted by molar-refractivity contribution is 9.19. The molecule has 6 aliphatic heterocycles. The van der Waals surface area contributed by atoms with Gasteiger partial charge in [0.15, 0.2) is 20.7 Å². The first-order valence-corrected chi connectivity index (χ1v) is 29.6. The van der Waals surface area contributed by atoms with Crippen LogP contribution in [-0.2, 0) is 57.1 Å². The molecule has 0 aromatic heterocycles. The van der Waals surface area contributed by atoms with Crippen LogP contribution in [0.1, 0.15) is 44.5 Å². The standard InChI is InChI=1S/C60H40B4Br2F4N12O12/c65-59-57(79-91-61(67)83-71-49(41-25-9-1-10-26-41)53(45-33-17-5-18-34-45)75-87-63(69,93-81-59)88-76-54(46-35-19-6-20-36-46)50(72-84-61)42-27-11-2-12-28-42)58-60(66)82-94-64(70)89-77-55(47-37-21-7-22-38-47)51(43-29-13-3-14-30-43)73-85-62(68,92-80-58)86-74-52(44-31-15-4-16-32-44)56(78-90-64)48-39-23-8-24-40-48/h1-40H/q-4/b71-49+,72-50+,73-51+,74-52+,75-53+,76-54+,77-55+,78-56+,79-57+,80-58+,81-59?,82-60?. The van der Waals surface area contributed by atoms with Crippen molar-refractivity contribution >= 4 is 126 Å². The maximum Gasteiger partial charge on any atom is 0.812 e. The summed E-state index contributed by atoms with van der Waals surface area (Å²) in [5.74, 6) is 0. The lowest BCUT2D eigenvalue weighted by molar-refractivity contribution is 0.0213. The summed E-state index contributed by atoms with van der Waals surface area (Å²) >= 11 is 6.21. The van der Waals surface area contributed by atoms with Gasteiger partial charge < -0.3 is 74.3 Å². The fourth-order valence-corrected chi connectivity index (χ4v) is 9.37. The Kier molecular flexibility index (Phi) is 18.8. The molecule has 0 amide bonds. The van der Waals surface area contributed by atoms with E-state index in [1.54, 1.807) is 146 Å². The van der Waals surface area contributed by atoms with Crippen LogP contribution in [0.25, 0.3) is 0 Å². The summed E-state index contributed by atoms with van der Waals surface area (Å²) < 4.78 is 139. The number of rotatable bonds is 9. The summed E-state index contributed by atoms with van der Waals surface area (Å²) in [6.45, 7) is 0. The Morgan fingerprint density at radius 3 is 0.436 bits per heavy atom. The predicted molar refractivity (Wildman–Crippen MR) is 352 cm³/mol. The number of nitrogens with zero attached hydrogens (tertiary/aromatic N) is 12. The second-order valence-corrected chi connectivity index (χ2v) is 21.1. The van der Waals surface area contributed by atoms with E-state index in [1.165, 1.54) is 97.1 Å². The van der Waals surface area contributed by atoms with E-state index in [0.717, 1.165) is 0 Å². The van der Waals surface area contributed by atoms with Gasteiger partial charge in [-0.25, -0.2) is 0 Å². The number of benzene rings is 8. The molecule has 0 spiro atoms. The highest BCUT2D eigenvalue weighted by Gasteiger charge is 2.47. The van der Waals surface area contributed by atoms with Gasteiger partial charge in [0.1, 0.15) is 45.7 Å². The lowest BCUT2D eigenvalue weighted by Crippen LogP contribution is -2.43. The fraction of sp³-hybridized carbons (Fsp3) is 0. The van der Waals surface area contributed by atoms with Crippen LogP contribution in [0.3, 0.4) is 0 Å². The molecule has 24 nitrogen and oxygen atoms in total. The van der Waals surface area contributed by atoms with Crippen molar-refractivity contribution in [2.75, 3.05) is 0 Å². The summed E-state index contributed by atoms with van der Waals surface area (Å²) in [6, 6.07) is 63.3. The van der Waals surface area contributed by atoms with Crippen LogP contribution < -0.4 is 0 Å². The monoisotopic (exact) mass is 1400 g/mol. The molecule has 0 N–H and O–H groups in total. The van der Waals surface area contributed by atoms with Crippen LogP contribution >= 0.6 is 31.9 Å².